The standard InChI is InChI=1S/C12H19NO5/c1-18-9-2-7(5-14)10(8(3-9)6-15)4-11(13)12(16)17/h5-11H,2-4,13H2,1H3,(H,16,17). The van der Waals surface area contributed by atoms with E-state index in [1.165, 1.54) is 7.11 Å². The van der Waals surface area contributed by atoms with E-state index in [0.717, 1.165) is 12.6 Å². The van der Waals surface area contributed by atoms with Gasteiger partial charge < -0.3 is 25.2 Å². The van der Waals surface area contributed by atoms with Crippen LogP contribution in [0.4, 0.5) is 0 Å². The monoisotopic (exact) mass is 257 g/mol. The fraction of sp³-hybridized carbons (Fsp3) is 0.750. The molecule has 1 rings (SSSR count). The van der Waals surface area contributed by atoms with Crippen LogP contribution in [0.3, 0.4) is 0 Å². The van der Waals surface area contributed by atoms with Gasteiger partial charge in [0.2, 0.25) is 0 Å². The van der Waals surface area contributed by atoms with Crippen molar-refractivity contribution in [3.05, 3.63) is 0 Å². The predicted octanol–water partition coefficient (Wildman–Crippen LogP) is -0.156. The van der Waals surface area contributed by atoms with Crippen molar-refractivity contribution >= 4 is 18.5 Å². The second kappa shape index (κ2) is 6.61. The molecule has 1 fully saturated rings. The van der Waals surface area contributed by atoms with Crippen molar-refractivity contribution in [1.82, 2.24) is 0 Å². The van der Waals surface area contributed by atoms with Crippen molar-refractivity contribution in [1.29, 1.82) is 0 Å². The van der Waals surface area contributed by atoms with Gasteiger partial charge in [-0.25, -0.2) is 0 Å². The van der Waals surface area contributed by atoms with Crippen molar-refractivity contribution < 1.29 is 24.2 Å². The van der Waals surface area contributed by atoms with Crippen LogP contribution < -0.4 is 5.73 Å². The molecular weight excluding hydrogens is 238 g/mol. The lowest BCUT2D eigenvalue weighted by atomic mass is 9.69. The molecule has 3 N–H and O–H groups in total. The molecule has 0 amide bonds. The second-order valence-corrected chi connectivity index (χ2v) is 4.77. The number of carboxylic acids is 1. The third-order valence-electron chi connectivity index (χ3n) is 3.70. The van der Waals surface area contributed by atoms with Crippen LogP contribution >= 0.6 is 0 Å². The first-order valence-corrected chi connectivity index (χ1v) is 5.95. The SMILES string of the molecule is COC1CC(C=O)C(CC(N)C(=O)O)C(C=O)C1. The Hall–Kier alpha value is -1.27. The first kappa shape index (κ1) is 14.8. The lowest BCUT2D eigenvalue weighted by Gasteiger charge is -2.37. The smallest absolute Gasteiger partial charge is 0.320 e. The zero-order chi connectivity index (χ0) is 13.7. The molecule has 0 aromatic heterocycles. The van der Waals surface area contributed by atoms with Gasteiger partial charge in [0.15, 0.2) is 0 Å². The number of carbonyl (C=O) groups is 3. The van der Waals surface area contributed by atoms with Gasteiger partial charge in [0.05, 0.1) is 6.10 Å². The van der Waals surface area contributed by atoms with Crippen molar-refractivity contribution in [3.63, 3.8) is 0 Å². The Morgan fingerprint density at radius 1 is 1.39 bits per heavy atom. The van der Waals surface area contributed by atoms with Crippen LogP contribution in [-0.4, -0.2) is 42.9 Å². The molecule has 1 saturated carbocycles. The maximum Gasteiger partial charge on any atom is 0.320 e. The van der Waals surface area contributed by atoms with E-state index < -0.39 is 12.0 Å². The summed E-state index contributed by atoms with van der Waals surface area (Å²) in [6, 6.07) is -1.04. The number of hydrogen-bond acceptors (Lipinski definition) is 5. The zero-order valence-corrected chi connectivity index (χ0v) is 10.3. The molecule has 0 bridgehead atoms. The van der Waals surface area contributed by atoms with Crippen LogP contribution in [0.15, 0.2) is 0 Å². The minimum Gasteiger partial charge on any atom is -0.480 e. The number of nitrogens with two attached hydrogens (primary N) is 1. The van der Waals surface area contributed by atoms with Gasteiger partial charge in [-0.2, -0.15) is 0 Å². The lowest BCUT2D eigenvalue weighted by molar-refractivity contribution is -0.140. The van der Waals surface area contributed by atoms with E-state index in [0.29, 0.717) is 12.8 Å². The highest BCUT2D eigenvalue weighted by Gasteiger charge is 2.39. The Labute approximate surface area is 105 Å². The molecule has 0 aromatic carbocycles. The summed E-state index contributed by atoms with van der Waals surface area (Å²) in [5.74, 6) is -2.16. The van der Waals surface area contributed by atoms with E-state index in [4.69, 9.17) is 15.6 Å². The van der Waals surface area contributed by atoms with Gasteiger partial charge in [-0.3, -0.25) is 4.79 Å². The maximum atomic E-state index is 11.1. The van der Waals surface area contributed by atoms with Gasteiger partial charge in [0, 0.05) is 18.9 Å². The molecule has 3 atom stereocenters. The minimum absolute atomic E-state index is 0.132. The van der Waals surface area contributed by atoms with Gasteiger partial charge in [-0.15, -0.1) is 0 Å². The van der Waals surface area contributed by atoms with E-state index in [-0.39, 0.29) is 30.3 Å². The van der Waals surface area contributed by atoms with Crippen LogP contribution in [-0.2, 0) is 19.1 Å². The number of carbonyl (C=O) groups excluding carboxylic acids is 2. The molecule has 6 nitrogen and oxygen atoms in total. The molecule has 0 aromatic rings. The fourth-order valence-corrected chi connectivity index (χ4v) is 2.62. The average Bonchev–Trinajstić information content (AvgIpc) is 2.38. The molecule has 6 heteroatoms. The normalized spacial score (nSPS) is 33.7. The van der Waals surface area contributed by atoms with Gasteiger partial charge >= 0.3 is 5.97 Å². The average molecular weight is 257 g/mol. The fourth-order valence-electron chi connectivity index (χ4n) is 2.62. The van der Waals surface area contributed by atoms with Crippen LogP contribution in [0.2, 0.25) is 0 Å². The van der Waals surface area contributed by atoms with E-state index in [1.807, 2.05) is 0 Å². The number of methoxy groups -OCH3 is 1. The summed E-state index contributed by atoms with van der Waals surface area (Å²) in [5, 5.41) is 8.80. The van der Waals surface area contributed by atoms with Gasteiger partial charge in [-0.05, 0) is 25.2 Å². The summed E-state index contributed by atoms with van der Waals surface area (Å²) < 4.78 is 5.19. The van der Waals surface area contributed by atoms with E-state index in [9.17, 15) is 14.4 Å². The van der Waals surface area contributed by atoms with Crippen LogP contribution in [0.1, 0.15) is 19.3 Å². The number of ether oxygens (including phenoxy) is 1. The number of aldehydes is 2. The Morgan fingerprint density at radius 3 is 2.22 bits per heavy atom. The number of rotatable bonds is 6. The molecule has 102 valence electrons. The molecular formula is C12H19NO5. The van der Waals surface area contributed by atoms with Crippen molar-refractivity contribution in [3.8, 4) is 0 Å². The molecule has 0 aliphatic heterocycles. The molecule has 18 heavy (non-hydrogen) atoms. The Balaban J connectivity index is 2.80. The molecule has 3 unspecified atom stereocenters. The quantitative estimate of drug-likeness (QED) is 0.640. The summed E-state index contributed by atoms with van der Waals surface area (Å²) in [6.07, 6.45) is 2.59. The minimum atomic E-state index is -1.11. The number of carboxylic acid groups (broad SMARTS) is 1. The first-order chi connectivity index (χ1) is 8.53. The van der Waals surface area contributed by atoms with Crippen LogP contribution in [0, 0.1) is 17.8 Å². The Bertz CT molecular complexity index is 302. The van der Waals surface area contributed by atoms with Gasteiger partial charge in [-0.1, -0.05) is 0 Å². The zero-order valence-electron chi connectivity index (χ0n) is 10.3. The third-order valence-corrected chi connectivity index (χ3v) is 3.70. The summed E-state index contributed by atoms with van der Waals surface area (Å²) in [5.41, 5.74) is 5.49. The highest BCUT2D eigenvalue weighted by Crippen LogP contribution is 2.36. The summed E-state index contributed by atoms with van der Waals surface area (Å²) >= 11 is 0. The van der Waals surface area contributed by atoms with Crippen molar-refractivity contribution in [2.24, 2.45) is 23.5 Å². The first-order valence-electron chi connectivity index (χ1n) is 5.95. The highest BCUT2D eigenvalue weighted by molar-refractivity contribution is 5.73. The van der Waals surface area contributed by atoms with Crippen molar-refractivity contribution in [2.45, 2.75) is 31.4 Å². The molecule has 1 aliphatic rings. The Morgan fingerprint density at radius 2 is 1.89 bits per heavy atom. The lowest BCUT2D eigenvalue weighted by Crippen LogP contribution is -2.42. The van der Waals surface area contributed by atoms with Crippen molar-refractivity contribution in [2.75, 3.05) is 7.11 Å². The van der Waals surface area contributed by atoms with Crippen LogP contribution in [0.25, 0.3) is 0 Å². The third kappa shape index (κ3) is 3.36. The van der Waals surface area contributed by atoms with E-state index >= 15 is 0 Å². The summed E-state index contributed by atoms with van der Waals surface area (Å²) in [6.45, 7) is 0. The maximum absolute atomic E-state index is 11.1. The van der Waals surface area contributed by atoms with Gasteiger partial charge in [0.1, 0.15) is 18.6 Å². The van der Waals surface area contributed by atoms with E-state index in [2.05, 4.69) is 0 Å². The van der Waals surface area contributed by atoms with Crippen LogP contribution in [0.5, 0.6) is 0 Å². The number of hydrogen-bond donors (Lipinski definition) is 2. The molecule has 0 saturated heterocycles. The topological polar surface area (TPSA) is 107 Å². The largest absolute Gasteiger partial charge is 0.480 e. The molecule has 1 aliphatic carbocycles. The highest BCUT2D eigenvalue weighted by atomic mass is 16.5. The molecule has 0 heterocycles. The summed E-state index contributed by atoms with van der Waals surface area (Å²) in [7, 11) is 1.54. The molecule has 0 radical (unpaired) electrons. The second-order valence-electron chi connectivity index (χ2n) is 4.77. The molecule has 0 spiro atoms. The van der Waals surface area contributed by atoms with Gasteiger partial charge in [0.25, 0.3) is 0 Å². The predicted molar refractivity (Wildman–Crippen MR) is 62.9 cm³/mol. The summed E-state index contributed by atoms with van der Waals surface area (Å²) in [4.78, 5) is 32.9. The van der Waals surface area contributed by atoms with E-state index in [1.54, 1.807) is 0 Å². The number of aliphatic carboxylic acids is 1. The Kier molecular flexibility index (Phi) is 5.43.